The Morgan fingerprint density at radius 3 is 2.68 bits per heavy atom. The number of aromatic nitrogens is 2. The fourth-order valence-corrected chi connectivity index (χ4v) is 5.48. The Morgan fingerprint density at radius 1 is 1.21 bits per heavy atom. The molecule has 0 aliphatic carbocycles. The number of nitrogens with zero attached hydrogens (tertiary/aromatic N) is 2. The smallest absolute Gasteiger partial charge is 0.259 e. The predicted octanol–water partition coefficient (Wildman–Crippen LogP) is 2.97. The first-order chi connectivity index (χ1) is 13.3. The van der Waals surface area contributed by atoms with Gasteiger partial charge in [0, 0.05) is 5.39 Å². The van der Waals surface area contributed by atoms with E-state index in [9.17, 15) is 18.3 Å². The van der Waals surface area contributed by atoms with Gasteiger partial charge in [-0.3, -0.25) is 9.48 Å². The molecule has 2 aromatic carbocycles. The highest BCUT2D eigenvalue weighted by Crippen LogP contribution is 2.32. The molecule has 2 heterocycles. The molecular weight excluding hydrogens is 378 g/mol. The lowest BCUT2D eigenvalue weighted by atomic mass is 10.0. The topological polar surface area (TPSA) is 101 Å². The number of aromatic hydroxyl groups is 1. The van der Waals surface area contributed by atoms with Gasteiger partial charge in [-0.05, 0) is 31.7 Å². The zero-order valence-electron chi connectivity index (χ0n) is 15.6. The Bertz CT molecular complexity index is 1200. The van der Waals surface area contributed by atoms with Crippen molar-refractivity contribution in [3.05, 3.63) is 53.3 Å². The molecule has 4 rings (SSSR count). The Hall–Kier alpha value is -2.87. The maximum absolute atomic E-state index is 12.8. The van der Waals surface area contributed by atoms with Gasteiger partial charge in [-0.25, -0.2) is 8.42 Å². The Morgan fingerprint density at radius 2 is 1.96 bits per heavy atom. The van der Waals surface area contributed by atoms with E-state index in [0.29, 0.717) is 28.9 Å². The van der Waals surface area contributed by atoms with Crippen LogP contribution in [0.5, 0.6) is 5.75 Å². The zero-order valence-corrected chi connectivity index (χ0v) is 16.5. The number of amides is 1. The Labute approximate surface area is 162 Å². The number of sulfone groups is 1. The maximum Gasteiger partial charge on any atom is 0.259 e. The average molecular weight is 399 g/mol. The first kappa shape index (κ1) is 18.5. The van der Waals surface area contributed by atoms with E-state index in [0.717, 1.165) is 5.39 Å². The van der Waals surface area contributed by atoms with Gasteiger partial charge < -0.3 is 10.4 Å². The van der Waals surface area contributed by atoms with E-state index in [1.54, 1.807) is 42.8 Å². The summed E-state index contributed by atoms with van der Waals surface area (Å²) >= 11 is 0. The second-order valence-electron chi connectivity index (χ2n) is 7.18. The number of anilines is 1. The van der Waals surface area contributed by atoms with Crippen LogP contribution in [0, 0.1) is 13.8 Å². The third-order valence-corrected chi connectivity index (χ3v) is 7.01. The van der Waals surface area contributed by atoms with Gasteiger partial charge in [0.15, 0.2) is 9.84 Å². The van der Waals surface area contributed by atoms with E-state index in [4.69, 9.17) is 0 Å². The van der Waals surface area contributed by atoms with E-state index in [2.05, 4.69) is 10.4 Å². The number of aryl methyl sites for hydroxylation is 1. The molecule has 1 aromatic heterocycles. The van der Waals surface area contributed by atoms with Crippen LogP contribution in [0.25, 0.3) is 10.8 Å². The first-order valence-corrected chi connectivity index (χ1v) is 10.9. The number of phenolic OH excluding ortho intramolecular Hbond substituents is 1. The molecule has 0 radical (unpaired) electrons. The molecule has 1 aliphatic rings. The van der Waals surface area contributed by atoms with Crippen molar-refractivity contribution >= 4 is 32.2 Å². The summed E-state index contributed by atoms with van der Waals surface area (Å²) in [5.41, 5.74) is 2.03. The Kier molecular flexibility index (Phi) is 4.38. The van der Waals surface area contributed by atoms with Crippen LogP contribution in [-0.4, -0.2) is 40.7 Å². The standard InChI is InChI=1S/C20H21N3O4S/c1-12-18(13(2)23(22-12)15-9-10-28(26,27)11-15)21-20(25)17-8-7-14-5-3-4-6-16(14)19(17)24/h3-8,15,24H,9-11H2,1-2H3,(H,21,25). The molecule has 0 bridgehead atoms. The minimum Gasteiger partial charge on any atom is -0.506 e. The van der Waals surface area contributed by atoms with Gasteiger partial charge in [0.2, 0.25) is 0 Å². The molecule has 1 fully saturated rings. The molecule has 7 nitrogen and oxygen atoms in total. The lowest BCUT2D eigenvalue weighted by molar-refractivity contribution is 0.102. The van der Waals surface area contributed by atoms with Crippen LogP contribution in [0.15, 0.2) is 36.4 Å². The fraction of sp³-hybridized carbons (Fsp3) is 0.300. The molecule has 1 unspecified atom stereocenters. The number of hydrogen-bond donors (Lipinski definition) is 2. The lowest BCUT2D eigenvalue weighted by Crippen LogP contribution is -2.15. The van der Waals surface area contributed by atoms with Crippen molar-refractivity contribution in [2.24, 2.45) is 0 Å². The van der Waals surface area contributed by atoms with Crippen LogP contribution in [0.3, 0.4) is 0 Å². The molecule has 0 spiro atoms. The van der Waals surface area contributed by atoms with Crippen molar-refractivity contribution in [2.75, 3.05) is 16.8 Å². The summed E-state index contributed by atoms with van der Waals surface area (Å²) in [6, 6.07) is 10.5. The molecule has 28 heavy (non-hydrogen) atoms. The van der Waals surface area contributed by atoms with E-state index in [1.807, 2.05) is 12.1 Å². The van der Waals surface area contributed by atoms with Gasteiger partial charge >= 0.3 is 0 Å². The molecule has 3 aromatic rings. The van der Waals surface area contributed by atoms with Crippen LogP contribution in [0.2, 0.25) is 0 Å². The Balaban J connectivity index is 1.65. The van der Waals surface area contributed by atoms with Crippen LogP contribution in [-0.2, 0) is 9.84 Å². The molecule has 146 valence electrons. The highest BCUT2D eigenvalue weighted by molar-refractivity contribution is 7.91. The van der Waals surface area contributed by atoms with E-state index < -0.39 is 15.7 Å². The van der Waals surface area contributed by atoms with E-state index >= 15 is 0 Å². The van der Waals surface area contributed by atoms with Crippen molar-refractivity contribution in [2.45, 2.75) is 26.3 Å². The van der Waals surface area contributed by atoms with E-state index in [1.165, 1.54) is 0 Å². The van der Waals surface area contributed by atoms with Gasteiger partial charge in [0.05, 0.1) is 40.2 Å². The largest absolute Gasteiger partial charge is 0.506 e. The molecule has 1 saturated heterocycles. The first-order valence-electron chi connectivity index (χ1n) is 9.05. The second-order valence-corrected chi connectivity index (χ2v) is 9.41. The number of phenols is 1. The van der Waals surface area contributed by atoms with Crippen LogP contribution >= 0.6 is 0 Å². The van der Waals surface area contributed by atoms with Crippen molar-refractivity contribution < 1.29 is 18.3 Å². The number of fused-ring (bicyclic) bond motifs is 1. The fourth-order valence-electron chi connectivity index (χ4n) is 3.79. The van der Waals surface area contributed by atoms with Gasteiger partial charge in [-0.1, -0.05) is 30.3 Å². The number of carbonyl (C=O) groups excluding carboxylic acids is 1. The summed E-state index contributed by atoms with van der Waals surface area (Å²) in [5.74, 6) is -0.288. The number of carbonyl (C=O) groups is 1. The quantitative estimate of drug-likeness (QED) is 0.705. The summed E-state index contributed by atoms with van der Waals surface area (Å²) < 4.78 is 25.3. The summed E-state index contributed by atoms with van der Waals surface area (Å²) in [4.78, 5) is 12.8. The normalized spacial score (nSPS) is 18.4. The molecular formula is C20H21N3O4S. The number of benzene rings is 2. The third kappa shape index (κ3) is 3.13. The van der Waals surface area contributed by atoms with Gasteiger partial charge in [0.25, 0.3) is 5.91 Å². The number of rotatable bonds is 3. The van der Waals surface area contributed by atoms with Crippen molar-refractivity contribution in [1.82, 2.24) is 9.78 Å². The predicted molar refractivity (Wildman–Crippen MR) is 108 cm³/mol. The number of nitrogens with one attached hydrogen (secondary N) is 1. The highest BCUT2D eigenvalue weighted by Gasteiger charge is 2.31. The summed E-state index contributed by atoms with van der Waals surface area (Å²) in [6.07, 6.45) is 0.517. The highest BCUT2D eigenvalue weighted by atomic mass is 32.2. The zero-order chi connectivity index (χ0) is 20.1. The maximum atomic E-state index is 12.8. The molecule has 0 saturated carbocycles. The number of hydrogen-bond acceptors (Lipinski definition) is 5. The van der Waals surface area contributed by atoms with E-state index in [-0.39, 0.29) is 28.9 Å². The molecule has 2 N–H and O–H groups in total. The van der Waals surface area contributed by atoms with Crippen LogP contribution in [0.4, 0.5) is 5.69 Å². The summed E-state index contributed by atoms with van der Waals surface area (Å²) in [5, 5.41) is 19.3. The monoisotopic (exact) mass is 399 g/mol. The van der Waals surface area contributed by atoms with Gasteiger partial charge in [-0.2, -0.15) is 5.10 Å². The second kappa shape index (κ2) is 6.63. The van der Waals surface area contributed by atoms with Crippen LogP contribution < -0.4 is 5.32 Å². The SMILES string of the molecule is Cc1nn(C2CCS(=O)(=O)C2)c(C)c1NC(=O)c1ccc2ccccc2c1O. The lowest BCUT2D eigenvalue weighted by Gasteiger charge is -2.12. The molecule has 1 aliphatic heterocycles. The minimum absolute atomic E-state index is 0.0633. The van der Waals surface area contributed by atoms with Gasteiger partial charge in [0.1, 0.15) is 5.75 Å². The average Bonchev–Trinajstić information content (AvgIpc) is 3.15. The summed E-state index contributed by atoms with van der Waals surface area (Å²) in [6.45, 7) is 3.57. The minimum atomic E-state index is -3.04. The van der Waals surface area contributed by atoms with Gasteiger partial charge in [-0.15, -0.1) is 0 Å². The molecule has 1 atom stereocenters. The molecule has 1 amide bonds. The van der Waals surface area contributed by atoms with Crippen LogP contribution in [0.1, 0.15) is 34.2 Å². The molecule has 8 heteroatoms. The van der Waals surface area contributed by atoms with Crippen molar-refractivity contribution in [3.63, 3.8) is 0 Å². The summed E-state index contributed by atoms with van der Waals surface area (Å²) in [7, 11) is -3.04. The van der Waals surface area contributed by atoms with Crippen molar-refractivity contribution in [3.8, 4) is 5.75 Å². The van der Waals surface area contributed by atoms with Crippen molar-refractivity contribution in [1.29, 1.82) is 0 Å². The third-order valence-electron chi connectivity index (χ3n) is 5.26.